The summed E-state index contributed by atoms with van der Waals surface area (Å²) >= 11 is 12.7. The number of rotatable bonds is 7. The monoisotopic (exact) mass is 589 g/mol. The first-order valence-electron chi connectivity index (χ1n) is 13.8. The molecule has 0 radical (unpaired) electrons. The molecule has 3 saturated heterocycles. The Morgan fingerprint density at radius 1 is 1.07 bits per heavy atom. The minimum Gasteiger partial charge on any atom is -0.382 e. The summed E-state index contributed by atoms with van der Waals surface area (Å²) < 4.78 is 0. The number of urea groups is 1. The van der Waals surface area contributed by atoms with Gasteiger partial charge in [-0.05, 0) is 50.0 Å². The molecule has 1 aromatic carbocycles. The van der Waals surface area contributed by atoms with Gasteiger partial charge in [0.05, 0.1) is 5.69 Å². The zero-order valence-electron chi connectivity index (χ0n) is 23.0. The highest BCUT2D eigenvalue weighted by molar-refractivity contribution is 6.32. The number of hydrogen-bond donors (Lipinski definition) is 2. The number of nitrogens with two attached hydrogens (primary N) is 2. The second kappa shape index (κ2) is 11.9. The van der Waals surface area contributed by atoms with Gasteiger partial charge in [-0.3, -0.25) is 19.5 Å². The number of likely N-dealkylation sites (tertiary alicyclic amines) is 1. The van der Waals surface area contributed by atoms with E-state index >= 15 is 0 Å². The van der Waals surface area contributed by atoms with Crippen molar-refractivity contribution in [1.29, 1.82) is 0 Å². The third-order valence-electron chi connectivity index (χ3n) is 8.37. The maximum absolute atomic E-state index is 12.7. The molecule has 4 heterocycles. The van der Waals surface area contributed by atoms with E-state index in [-0.39, 0.29) is 22.7 Å². The number of benzene rings is 1. The summed E-state index contributed by atoms with van der Waals surface area (Å²) in [6, 6.07) is 6.72. The van der Waals surface area contributed by atoms with Crippen molar-refractivity contribution >= 4 is 52.5 Å². The van der Waals surface area contributed by atoms with Crippen LogP contribution in [-0.2, 0) is 6.54 Å². The lowest BCUT2D eigenvalue weighted by Crippen LogP contribution is -2.58. The number of halogens is 2. The van der Waals surface area contributed by atoms with E-state index in [2.05, 4.69) is 37.7 Å². The molecule has 11 nitrogen and oxygen atoms in total. The van der Waals surface area contributed by atoms with Gasteiger partial charge in [-0.1, -0.05) is 36.2 Å². The molecular weight excluding hydrogens is 553 g/mol. The standard InChI is InChI=1S/C27H37Cl2N9O2/c1-3-19-16-36(26-23(29)32-22(25(31)39)24(30)33-26)11-13-37(19)20-6-8-35(9-7-20)15-17-4-5-18(28)14-21(17)38-12-10-34(2)27(38)40/h4-5,14,19-20H,3,6-13,15-16H2,1-2H3,(H2,30,33)(H2,31,39)/t19-/m0/s1. The molecule has 3 aliphatic heterocycles. The normalized spacial score (nSPS) is 21.4. The number of nitrogen functional groups attached to an aromatic ring is 1. The Labute approximate surface area is 245 Å². The molecule has 0 unspecified atom stereocenters. The molecule has 216 valence electrons. The summed E-state index contributed by atoms with van der Waals surface area (Å²) in [4.78, 5) is 43.5. The van der Waals surface area contributed by atoms with Crippen LogP contribution in [0.5, 0.6) is 0 Å². The molecule has 3 amide bonds. The third kappa shape index (κ3) is 5.79. The van der Waals surface area contributed by atoms with Crippen molar-refractivity contribution in [1.82, 2.24) is 24.7 Å². The van der Waals surface area contributed by atoms with Gasteiger partial charge in [0, 0.05) is 63.4 Å². The molecule has 0 saturated carbocycles. The van der Waals surface area contributed by atoms with Gasteiger partial charge in [0.25, 0.3) is 5.91 Å². The van der Waals surface area contributed by atoms with Gasteiger partial charge in [0.15, 0.2) is 22.5 Å². The van der Waals surface area contributed by atoms with Gasteiger partial charge >= 0.3 is 6.03 Å². The highest BCUT2D eigenvalue weighted by Gasteiger charge is 2.35. The van der Waals surface area contributed by atoms with E-state index in [9.17, 15) is 9.59 Å². The Morgan fingerprint density at radius 3 is 2.48 bits per heavy atom. The number of carbonyl (C=O) groups excluding carboxylic acids is 2. The number of likely N-dealkylation sites (N-methyl/N-ethyl adjacent to an activating group) is 1. The van der Waals surface area contributed by atoms with Crippen molar-refractivity contribution in [3.63, 3.8) is 0 Å². The summed E-state index contributed by atoms with van der Waals surface area (Å²) in [5.74, 6) is -0.247. The van der Waals surface area contributed by atoms with Gasteiger partial charge in [-0.2, -0.15) is 0 Å². The Kier molecular flexibility index (Phi) is 8.55. The quantitative estimate of drug-likeness (QED) is 0.504. The first-order valence-corrected chi connectivity index (χ1v) is 14.6. The van der Waals surface area contributed by atoms with Crippen LogP contribution in [0.25, 0.3) is 0 Å². The summed E-state index contributed by atoms with van der Waals surface area (Å²) in [6.45, 7) is 8.73. The maximum atomic E-state index is 12.7. The van der Waals surface area contributed by atoms with E-state index in [0.717, 1.165) is 69.8 Å². The first kappa shape index (κ1) is 28.7. The molecule has 4 N–H and O–H groups in total. The fraction of sp³-hybridized carbons (Fsp3) is 0.556. The highest BCUT2D eigenvalue weighted by Crippen LogP contribution is 2.32. The van der Waals surface area contributed by atoms with E-state index in [1.807, 2.05) is 24.1 Å². The smallest absolute Gasteiger partial charge is 0.324 e. The molecule has 40 heavy (non-hydrogen) atoms. The van der Waals surface area contributed by atoms with Crippen molar-refractivity contribution < 1.29 is 9.59 Å². The molecular formula is C27H37Cl2N9O2. The molecule has 2 aromatic rings. The predicted octanol–water partition coefficient (Wildman–Crippen LogP) is 2.90. The Bertz CT molecular complexity index is 1270. The second-order valence-corrected chi connectivity index (χ2v) is 11.6. The van der Waals surface area contributed by atoms with Crippen molar-refractivity contribution in [2.75, 3.05) is 68.4 Å². The number of primary amides is 1. The first-order chi connectivity index (χ1) is 19.2. The second-order valence-electron chi connectivity index (χ2n) is 10.8. The van der Waals surface area contributed by atoms with Crippen LogP contribution in [0.15, 0.2) is 18.2 Å². The van der Waals surface area contributed by atoms with Crippen LogP contribution in [0.3, 0.4) is 0 Å². The minimum atomic E-state index is -0.745. The van der Waals surface area contributed by atoms with Crippen LogP contribution < -0.4 is 21.3 Å². The van der Waals surface area contributed by atoms with Crippen LogP contribution in [0.1, 0.15) is 42.2 Å². The van der Waals surface area contributed by atoms with E-state index in [1.54, 1.807) is 4.90 Å². The fourth-order valence-corrected chi connectivity index (χ4v) is 6.56. The van der Waals surface area contributed by atoms with Gasteiger partial charge < -0.3 is 21.3 Å². The number of piperazine rings is 1. The average molecular weight is 591 g/mol. The van der Waals surface area contributed by atoms with Crippen molar-refractivity contribution in [2.45, 2.75) is 44.8 Å². The molecule has 1 atom stereocenters. The van der Waals surface area contributed by atoms with Gasteiger partial charge in [0.2, 0.25) is 0 Å². The largest absolute Gasteiger partial charge is 0.382 e. The number of amides is 3. The van der Waals surface area contributed by atoms with Crippen LogP contribution in [-0.4, -0.2) is 102 Å². The predicted molar refractivity (Wildman–Crippen MR) is 158 cm³/mol. The summed E-state index contributed by atoms with van der Waals surface area (Å²) in [5, 5.41) is 0.784. The van der Waals surface area contributed by atoms with Crippen molar-refractivity contribution in [3.05, 3.63) is 39.6 Å². The Hall–Kier alpha value is -2.86. The molecule has 0 spiro atoms. The summed E-state index contributed by atoms with van der Waals surface area (Å²) in [5.41, 5.74) is 13.2. The zero-order valence-corrected chi connectivity index (χ0v) is 24.5. The van der Waals surface area contributed by atoms with E-state index in [0.29, 0.717) is 36.0 Å². The van der Waals surface area contributed by atoms with Crippen LogP contribution >= 0.6 is 23.2 Å². The van der Waals surface area contributed by atoms with Crippen molar-refractivity contribution in [2.24, 2.45) is 5.73 Å². The molecule has 1 aromatic heterocycles. The molecule has 3 fully saturated rings. The van der Waals surface area contributed by atoms with Crippen LogP contribution in [0.4, 0.5) is 22.1 Å². The lowest BCUT2D eigenvalue weighted by atomic mass is 9.97. The summed E-state index contributed by atoms with van der Waals surface area (Å²) in [7, 11) is 1.83. The van der Waals surface area contributed by atoms with Crippen molar-refractivity contribution in [3.8, 4) is 0 Å². The molecule has 0 bridgehead atoms. The zero-order chi connectivity index (χ0) is 28.6. The number of carbonyl (C=O) groups is 2. The van der Waals surface area contributed by atoms with Crippen LogP contribution in [0, 0.1) is 0 Å². The number of piperidine rings is 1. The van der Waals surface area contributed by atoms with Gasteiger partial charge in [-0.15, -0.1) is 0 Å². The molecule has 13 heteroatoms. The molecule has 5 rings (SSSR count). The van der Waals surface area contributed by atoms with E-state index in [1.165, 1.54) is 0 Å². The van der Waals surface area contributed by atoms with E-state index in [4.69, 9.17) is 34.7 Å². The highest BCUT2D eigenvalue weighted by atomic mass is 35.5. The summed E-state index contributed by atoms with van der Waals surface area (Å²) in [6.07, 6.45) is 3.14. The Morgan fingerprint density at radius 2 is 1.82 bits per heavy atom. The lowest BCUT2D eigenvalue weighted by molar-refractivity contribution is 0.0611. The number of hydrogen-bond acceptors (Lipinski definition) is 8. The Balaban J connectivity index is 1.21. The number of aromatic nitrogens is 2. The molecule has 0 aliphatic carbocycles. The van der Waals surface area contributed by atoms with Gasteiger partial charge in [0.1, 0.15) is 0 Å². The lowest BCUT2D eigenvalue weighted by Gasteiger charge is -2.47. The number of nitrogens with zero attached hydrogens (tertiary/aromatic N) is 7. The third-order valence-corrected chi connectivity index (χ3v) is 8.86. The average Bonchev–Trinajstić information content (AvgIpc) is 3.28. The number of anilines is 3. The SMILES string of the molecule is CC[C@H]1CN(c2nc(N)c(C(N)=O)nc2Cl)CCN1C1CCN(Cc2ccc(Cl)cc2N2CCN(C)C2=O)CC1. The van der Waals surface area contributed by atoms with Gasteiger partial charge in [-0.25, -0.2) is 14.8 Å². The topological polar surface area (TPSA) is 128 Å². The van der Waals surface area contributed by atoms with Crippen LogP contribution in [0.2, 0.25) is 10.2 Å². The minimum absolute atomic E-state index is 0.000266. The molecule has 3 aliphatic rings. The fourth-order valence-electron chi connectivity index (χ4n) is 6.15. The maximum Gasteiger partial charge on any atom is 0.324 e. The van der Waals surface area contributed by atoms with E-state index < -0.39 is 5.91 Å².